The minimum absolute atomic E-state index is 0.0338. The lowest BCUT2D eigenvalue weighted by Gasteiger charge is -2.26. The fraction of sp³-hybridized carbons (Fsp3) is 0.857. The van der Waals surface area contributed by atoms with Gasteiger partial charge in [-0.2, -0.15) is 8.42 Å². The fourth-order valence-electron chi connectivity index (χ4n) is 3.04. The Bertz CT molecular complexity index is 586. The molecule has 132 valence electrons. The van der Waals surface area contributed by atoms with Crippen LogP contribution >= 0.6 is 0 Å². The van der Waals surface area contributed by atoms with Crippen molar-refractivity contribution in [1.82, 2.24) is 9.80 Å². The summed E-state index contributed by atoms with van der Waals surface area (Å²) in [5.74, 6) is -1.33. The Morgan fingerprint density at radius 1 is 1.35 bits per heavy atom. The summed E-state index contributed by atoms with van der Waals surface area (Å²) < 4.78 is 39.5. The van der Waals surface area contributed by atoms with Crippen LogP contribution < -0.4 is 0 Å². The Morgan fingerprint density at radius 3 is 2.57 bits per heavy atom. The van der Waals surface area contributed by atoms with Crippen molar-refractivity contribution in [2.75, 3.05) is 25.4 Å². The molecule has 0 aromatic heterocycles. The summed E-state index contributed by atoms with van der Waals surface area (Å²) in [5.41, 5.74) is -0.584. The van der Waals surface area contributed by atoms with Crippen molar-refractivity contribution >= 4 is 22.2 Å². The second-order valence-corrected chi connectivity index (χ2v) is 8.60. The molecule has 2 heterocycles. The Kier molecular flexibility index (Phi) is 4.89. The highest BCUT2D eigenvalue weighted by atomic mass is 32.3. The van der Waals surface area contributed by atoms with E-state index in [0.29, 0.717) is 19.5 Å². The van der Waals surface area contributed by atoms with Crippen LogP contribution in [0.25, 0.3) is 0 Å². The molecular weight excluding hydrogens is 327 g/mol. The highest BCUT2D eigenvalue weighted by Crippen LogP contribution is 2.27. The van der Waals surface area contributed by atoms with Crippen LogP contribution in [0, 0.1) is 5.92 Å². The van der Waals surface area contributed by atoms with Crippen LogP contribution in [0.2, 0.25) is 0 Å². The van der Waals surface area contributed by atoms with E-state index in [1.165, 1.54) is 0 Å². The van der Waals surface area contributed by atoms with Gasteiger partial charge in [-0.15, -0.1) is 3.89 Å². The van der Waals surface area contributed by atoms with Gasteiger partial charge in [0.25, 0.3) is 0 Å². The van der Waals surface area contributed by atoms with Gasteiger partial charge >= 0.3 is 16.3 Å². The topological polar surface area (TPSA) is 84.0 Å². The number of ether oxygens (including phenoxy) is 1. The van der Waals surface area contributed by atoms with Crippen molar-refractivity contribution in [3.05, 3.63) is 0 Å². The van der Waals surface area contributed by atoms with Crippen molar-refractivity contribution in [3.63, 3.8) is 0 Å². The highest BCUT2D eigenvalue weighted by molar-refractivity contribution is 7.86. The van der Waals surface area contributed by atoms with Crippen LogP contribution in [0.15, 0.2) is 0 Å². The van der Waals surface area contributed by atoms with E-state index in [4.69, 9.17) is 4.74 Å². The lowest BCUT2D eigenvalue weighted by Crippen LogP contribution is -2.41. The summed E-state index contributed by atoms with van der Waals surface area (Å²) >= 11 is 0. The third-order valence-electron chi connectivity index (χ3n) is 3.93. The molecule has 1 unspecified atom stereocenters. The summed E-state index contributed by atoms with van der Waals surface area (Å²) in [7, 11) is -4.59. The van der Waals surface area contributed by atoms with Gasteiger partial charge < -0.3 is 14.5 Å². The van der Waals surface area contributed by atoms with Gasteiger partial charge in [-0.05, 0) is 27.2 Å². The number of carbonyl (C=O) groups excluding carboxylic acids is 2. The first-order valence-corrected chi connectivity index (χ1v) is 9.19. The van der Waals surface area contributed by atoms with E-state index in [-0.39, 0.29) is 24.9 Å². The molecule has 0 bridgehead atoms. The summed E-state index contributed by atoms with van der Waals surface area (Å²) in [5, 5.41) is 0. The fourth-order valence-corrected chi connectivity index (χ4v) is 3.83. The Labute approximate surface area is 136 Å². The van der Waals surface area contributed by atoms with Gasteiger partial charge in [0, 0.05) is 32.0 Å². The van der Waals surface area contributed by atoms with Crippen molar-refractivity contribution < 1.29 is 26.6 Å². The molecule has 0 aromatic carbocycles. The number of carbonyl (C=O) groups is 2. The van der Waals surface area contributed by atoms with Crippen LogP contribution in [0.3, 0.4) is 0 Å². The van der Waals surface area contributed by atoms with Gasteiger partial charge in [0.05, 0.1) is 11.8 Å². The molecule has 0 aromatic rings. The Balaban J connectivity index is 1.92. The molecule has 2 atom stereocenters. The van der Waals surface area contributed by atoms with Gasteiger partial charge in [0.1, 0.15) is 5.60 Å². The molecule has 7 nitrogen and oxygen atoms in total. The monoisotopic (exact) mass is 350 g/mol. The SMILES string of the molecule is CC(C)(C)OC(=O)N1CC[C@@H](N2CC(CS(=O)(=O)F)CC2=O)C1. The second-order valence-electron chi connectivity index (χ2n) is 7.19. The van der Waals surface area contributed by atoms with Gasteiger partial charge in [-0.3, -0.25) is 4.79 Å². The number of hydrogen-bond acceptors (Lipinski definition) is 5. The molecular formula is C14H23FN2O5S. The zero-order valence-electron chi connectivity index (χ0n) is 13.6. The molecule has 2 aliphatic heterocycles. The summed E-state index contributed by atoms with van der Waals surface area (Å²) in [6.45, 7) is 6.40. The van der Waals surface area contributed by atoms with Crippen molar-refractivity contribution in [1.29, 1.82) is 0 Å². The second kappa shape index (κ2) is 6.26. The highest BCUT2D eigenvalue weighted by Gasteiger charge is 2.40. The van der Waals surface area contributed by atoms with Crippen molar-refractivity contribution in [2.24, 2.45) is 5.92 Å². The van der Waals surface area contributed by atoms with E-state index in [9.17, 15) is 21.9 Å². The van der Waals surface area contributed by atoms with E-state index < -0.39 is 33.6 Å². The summed E-state index contributed by atoms with van der Waals surface area (Å²) in [4.78, 5) is 27.2. The van der Waals surface area contributed by atoms with E-state index in [2.05, 4.69) is 0 Å². The quantitative estimate of drug-likeness (QED) is 0.713. The molecule has 9 heteroatoms. The minimum atomic E-state index is -4.59. The molecule has 2 aliphatic rings. The predicted octanol–water partition coefficient (Wildman–Crippen LogP) is 1.14. The maximum atomic E-state index is 12.8. The lowest BCUT2D eigenvalue weighted by molar-refractivity contribution is -0.129. The third kappa shape index (κ3) is 5.05. The zero-order chi connectivity index (χ0) is 17.4. The molecule has 0 spiro atoms. The minimum Gasteiger partial charge on any atom is -0.444 e. The first kappa shape index (κ1) is 18.0. The first-order chi connectivity index (χ1) is 10.4. The average Bonchev–Trinajstić information content (AvgIpc) is 2.91. The zero-order valence-corrected chi connectivity index (χ0v) is 14.4. The maximum Gasteiger partial charge on any atom is 0.410 e. The van der Waals surface area contributed by atoms with Crippen LogP contribution in [0.5, 0.6) is 0 Å². The van der Waals surface area contributed by atoms with Crippen LogP contribution in [0.1, 0.15) is 33.6 Å². The van der Waals surface area contributed by atoms with Crippen LogP contribution in [0.4, 0.5) is 8.68 Å². The Morgan fingerprint density at radius 2 is 2.00 bits per heavy atom. The predicted molar refractivity (Wildman–Crippen MR) is 80.9 cm³/mol. The number of nitrogens with zero attached hydrogens (tertiary/aromatic N) is 2. The van der Waals surface area contributed by atoms with Crippen LogP contribution in [-0.2, 0) is 19.8 Å². The number of rotatable bonds is 3. The summed E-state index contributed by atoms with van der Waals surface area (Å²) in [6, 6.07) is -0.165. The number of likely N-dealkylation sites (tertiary alicyclic amines) is 2. The molecule has 2 amide bonds. The molecule has 0 saturated carbocycles. The van der Waals surface area contributed by atoms with E-state index in [0.717, 1.165) is 0 Å². The average molecular weight is 350 g/mol. The van der Waals surface area contributed by atoms with Gasteiger partial charge in [0.2, 0.25) is 5.91 Å². The molecule has 2 saturated heterocycles. The van der Waals surface area contributed by atoms with Crippen molar-refractivity contribution in [2.45, 2.75) is 45.3 Å². The third-order valence-corrected chi connectivity index (χ3v) is 4.80. The lowest BCUT2D eigenvalue weighted by atomic mass is 10.1. The first-order valence-electron chi connectivity index (χ1n) is 7.64. The molecule has 2 rings (SSSR count). The largest absolute Gasteiger partial charge is 0.444 e. The van der Waals surface area contributed by atoms with E-state index in [1.807, 2.05) is 0 Å². The standard InChI is InChI=1S/C14H23FN2O5S/c1-14(2,3)22-13(19)16-5-4-11(8-16)17-7-10(6-12(17)18)9-23(15,20)21/h10-11H,4-9H2,1-3H3/t10?,11-/m1/s1. The maximum absolute atomic E-state index is 12.8. The summed E-state index contributed by atoms with van der Waals surface area (Å²) in [6.07, 6.45) is 0.223. The van der Waals surface area contributed by atoms with Gasteiger partial charge in [0.15, 0.2) is 0 Å². The normalized spacial score (nSPS) is 26.0. The van der Waals surface area contributed by atoms with Crippen LogP contribution in [-0.4, -0.2) is 67.2 Å². The van der Waals surface area contributed by atoms with Gasteiger partial charge in [-0.1, -0.05) is 0 Å². The molecule has 0 radical (unpaired) electrons. The van der Waals surface area contributed by atoms with E-state index in [1.54, 1.807) is 30.6 Å². The Hall–Kier alpha value is -1.38. The van der Waals surface area contributed by atoms with E-state index >= 15 is 0 Å². The molecule has 0 N–H and O–H groups in total. The smallest absolute Gasteiger partial charge is 0.410 e. The number of hydrogen-bond donors (Lipinski definition) is 0. The van der Waals surface area contributed by atoms with Crippen molar-refractivity contribution in [3.8, 4) is 0 Å². The molecule has 23 heavy (non-hydrogen) atoms. The van der Waals surface area contributed by atoms with Gasteiger partial charge in [-0.25, -0.2) is 4.79 Å². The number of amides is 2. The molecule has 0 aliphatic carbocycles. The molecule has 2 fully saturated rings. The number of halogens is 1.